The molecule has 33 heavy (non-hydrogen) atoms. The molecule has 2 heterocycles. The first kappa shape index (κ1) is 23.3. The molecule has 4 rings (SSSR count). The molecule has 2 nitrogen and oxygen atoms in total. The second-order valence-electron chi connectivity index (χ2n) is 9.88. The Bertz CT molecular complexity index is 1180. The number of aryl methyl sites for hydroxylation is 2. The lowest BCUT2D eigenvalue weighted by Crippen LogP contribution is -2.37. The number of para-hydroxylation sites is 1. The average Bonchev–Trinajstić information content (AvgIpc) is 3.02. The molecular formula is C31H39N2+. The van der Waals surface area contributed by atoms with E-state index in [0.29, 0.717) is 0 Å². The summed E-state index contributed by atoms with van der Waals surface area (Å²) in [6.07, 6.45) is 11.7. The van der Waals surface area contributed by atoms with E-state index in [1.165, 1.54) is 64.8 Å². The van der Waals surface area contributed by atoms with Crippen molar-refractivity contribution in [2.75, 3.05) is 11.4 Å². The molecule has 0 amide bonds. The predicted molar refractivity (Wildman–Crippen MR) is 143 cm³/mol. The third kappa shape index (κ3) is 4.62. The summed E-state index contributed by atoms with van der Waals surface area (Å²) < 4.78 is 2.47. The number of pyridine rings is 1. The Hall–Kier alpha value is -2.87. The zero-order valence-electron chi connectivity index (χ0n) is 21.1. The monoisotopic (exact) mass is 439 g/mol. The van der Waals surface area contributed by atoms with Gasteiger partial charge in [-0.1, -0.05) is 76.4 Å². The van der Waals surface area contributed by atoms with E-state index in [1.807, 2.05) is 0 Å². The van der Waals surface area contributed by atoms with Crippen LogP contribution in [0.2, 0.25) is 0 Å². The average molecular weight is 440 g/mol. The maximum absolute atomic E-state index is 2.55. The summed E-state index contributed by atoms with van der Waals surface area (Å²) in [4.78, 5) is 2.55. The standard InChI is InChI=1S/C31H39N2/c1-6-8-21-32-26(19-18-25-13-10-11-15-28(25)32)14-12-16-30-31(4,5)27-23-24(3)17-20-29(27)33(30)22-9-7-2/h10-20,23H,6-9,21-22H2,1-5H3/q+1. The maximum atomic E-state index is 2.55. The molecule has 2 heteroatoms. The number of hydrogen-bond acceptors (Lipinski definition) is 1. The van der Waals surface area contributed by atoms with Crippen LogP contribution in [0.4, 0.5) is 5.69 Å². The highest BCUT2D eigenvalue weighted by Crippen LogP contribution is 2.48. The van der Waals surface area contributed by atoms with Gasteiger partial charge in [-0.25, -0.2) is 0 Å². The number of unbranched alkanes of at least 4 members (excludes halogenated alkanes) is 2. The molecule has 0 unspecified atom stereocenters. The molecule has 2 aromatic carbocycles. The number of anilines is 1. The van der Waals surface area contributed by atoms with Gasteiger partial charge in [0.2, 0.25) is 11.2 Å². The molecule has 0 radical (unpaired) electrons. The van der Waals surface area contributed by atoms with Crippen molar-refractivity contribution >= 4 is 22.7 Å². The van der Waals surface area contributed by atoms with Gasteiger partial charge in [0.25, 0.3) is 0 Å². The minimum absolute atomic E-state index is 0.000995. The van der Waals surface area contributed by atoms with E-state index >= 15 is 0 Å². The molecule has 3 aromatic rings. The van der Waals surface area contributed by atoms with Crippen LogP contribution in [0.15, 0.2) is 72.4 Å². The van der Waals surface area contributed by atoms with Crippen molar-refractivity contribution in [1.82, 2.24) is 0 Å². The van der Waals surface area contributed by atoms with Gasteiger partial charge >= 0.3 is 0 Å². The molecule has 0 fully saturated rings. The zero-order chi connectivity index (χ0) is 23.4. The Morgan fingerprint density at radius 1 is 0.939 bits per heavy atom. The molecule has 0 N–H and O–H groups in total. The van der Waals surface area contributed by atoms with Crippen LogP contribution in [-0.2, 0) is 12.0 Å². The summed E-state index contributed by atoms with van der Waals surface area (Å²) in [6.45, 7) is 13.6. The van der Waals surface area contributed by atoms with Gasteiger partial charge < -0.3 is 4.90 Å². The molecule has 0 aliphatic carbocycles. The first-order valence-electron chi connectivity index (χ1n) is 12.7. The van der Waals surface area contributed by atoms with Crippen molar-refractivity contribution in [3.05, 3.63) is 89.3 Å². The van der Waals surface area contributed by atoms with Crippen molar-refractivity contribution in [3.63, 3.8) is 0 Å². The number of fused-ring (bicyclic) bond motifs is 2. The molecule has 0 saturated heterocycles. The highest BCUT2D eigenvalue weighted by molar-refractivity contribution is 5.76. The van der Waals surface area contributed by atoms with E-state index in [9.17, 15) is 0 Å². The van der Waals surface area contributed by atoms with Gasteiger partial charge in [0.1, 0.15) is 6.54 Å². The topological polar surface area (TPSA) is 7.12 Å². The third-order valence-corrected chi connectivity index (χ3v) is 7.01. The number of aromatic nitrogens is 1. The first-order valence-corrected chi connectivity index (χ1v) is 12.7. The van der Waals surface area contributed by atoms with Gasteiger partial charge in [0.15, 0.2) is 0 Å². The second kappa shape index (κ2) is 9.95. The highest BCUT2D eigenvalue weighted by atomic mass is 15.2. The van der Waals surface area contributed by atoms with Crippen molar-refractivity contribution in [3.8, 4) is 0 Å². The van der Waals surface area contributed by atoms with E-state index in [4.69, 9.17) is 0 Å². The van der Waals surface area contributed by atoms with E-state index in [1.54, 1.807) is 0 Å². The van der Waals surface area contributed by atoms with Gasteiger partial charge in [0, 0.05) is 53.4 Å². The van der Waals surface area contributed by atoms with E-state index in [2.05, 4.69) is 117 Å². The number of allylic oxidation sites excluding steroid dienone is 3. The molecule has 172 valence electrons. The number of rotatable bonds is 8. The van der Waals surface area contributed by atoms with Crippen LogP contribution in [0.5, 0.6) is 0 Å². The largest absolute Gasteiger partial charge is 0.344 e. The van der Waals surface area contributed by atoms with Gasteiger partial charge in [-0.05, 0) is 43.2 Å². The van der Waals surface area contributed by atoms with Gasteiger partial charge in [0.05, 0.1) is 0 Å². The van der Waals surface area contributed by atoms with E-state index < -0.39 is 0 Å². The lowest BCUT2D eigenvalue weighted by molar-refractivity contribution is -0.673. The third-order valence-electron chi connectivity index (χ3n) is 7.01. The summed E-state index contributed by atoms with van der Waals surface area (Å²) in [6, 6.07) is 20.2. The molecule has 0 bridgehead atoms. The lowest BCUT2D eigenvalue weighted by atomic mass is 9.83. The quantitative estimate of drug-likeness (QED) is 0.326. The summed E-state index contributed by atoms with van der Waals surface area (Å²) in [5.74, 6) is 0. The van der Waals surface area contributed by atoms with Crippen molar-refractivity contribution < 1.29 is 4.57 Å². The molecule has 0 spiro atoms. The van der Waals surface area contributed by atoms with Crippen LogP contribution in [0.3, 0.4) is 0 Å². The Morgan fingerprint density at radius 3 is 2.52 bits per heavy atom. The Morgan fingerprint density at radius 2 is 1.73 bits per heavy atom. The molecule has 0 saturated carbocycles. The van der Waals surface area contributed by atoms with Crippen LogP contribution in [0.25, 0.3) is 17.0 Å². The number of nitrogens with zero attached hydrogens (tertiary/aromatic N) is 2. The minimum atomic E-state index is 0.000995. The van der Waals surface area contributed by atoms with Gasteiger partial charge in [-0.15, -0.1) is 0 Å². The summed E-state index contributed by atoms with van der Waals surface area (Å²) in [5.41, 5.74) is 8.14. The predicted octanol–water partition coefficient (Wildman–Crippen LogP) is 7.73. The highest BCUT2D eigenvalue weighted by Gasteiger charge is 2.39. The van der Waals surface area contributed by atoms with Crippen LogP contribution < -0.4 is 9.47 Å². The minimum Gasteiger partial charge on any atom is -0.344 e. The Balaban J connectivity index is 1.73. The van der Waals surface area contributed by atoms with E-state index in [0.717, 1.165) is 13.1 Å². The fourth-order valence-corrected chi connectivity index (χ4v) is 5.07. The first-order chi connectivity index (χ1) is 16.0. The normalized spacial score (nSPS) is 16.3. The van der Waals surface area contributed by atoms with Crippen LogP contribution in [0, 0.1) is 6.92 Å². The number of hydrogen-bond donors (Lipinski definition) is 0. The summed E-state index contributed by atoms with van der Waals surface area (Å²) in [5, 5.41) is 1.30. The molecule has 0 atom stereocenters. The summed E-state index contributed by atoms with van der Waals surface area (Å²) in [7, 11) is 0. The fraction of sp³-hybridized carbons (Fsp3) is 0.387. The van der Waals surface area contributed by atoms with Crippen LogP contribution >= 0.6 is 0 Å². The van der Waals surface area contributed by atoms with Gasteiger partial charge in [-0.2, -0.15) is 4.57 Å². The Kier molecular flexibility index (Phi) is 7.02. The fourth-order valence-electron chi connectivity index (χ4n) is 5.07. The molecular weight excluding hydrogens is 400 g/mol. The summed E-state index contributed by atoms with van der Waals surface area (Å²) >= 11 is 0. The second-order valence-corrected chi connectivity index (χ2v) is 9.88. The van der Waals surface area contributed by atoms with Gasteiger partial charge in [-0.3, -0.25) is 0 Å². The smallest absolute Gasteiger partial charge is 0.212 e. The number of benzene rings is 2. The van der Waals surface area contributed by atoms with Crippen molar-refractivity contribution in [2.45, 2.75) is 72.3 Å². The van der Waals surface area contributed by atoms with Crippen molar-refractivity contribution in [1.29, 1.82) is 0 Å². The van der Waals surface area contributed by atoms with Crippen LogP contribution in [-0.4, -0.2) is 6.54 Å². The maximum Gasteiger partial charge on any atom is 0.212 e. The SMILES string of the molecule is CCCCN1C(=CC=Cc2ccc3ccccc3[n+]2CCCC)C(C)(C)c2cc(C)ccc21. The van der Waals surface area contributed by atoms with Crippen LogP contribution in [0.1, 0.15) is 70.2 Å². The van der Waals surface area contributed by atoms with Crippen molar-refractivity contribution in [2.24, 2.45) is 0 Å². The lowest BCUT2D eigenvalue weighted by Gasteiger charge is -2.27. The van der Waals surface area contributed by atoms with E-state index in [-0.39, 0.29) is 5.41 Å². The Labute approximate surface area is 200 Å². The zero-order valence-corrected chi connectivity index (χ0v) is 21.1. The molecule has 1 aliphatic rings. The molecule has 1 aromatic heterocycles. The molecule has 1 aliphatic heterocycles.